The number of nitrogen functional groups attached to an aromatic ring is 1. The fourth-order valence-electron chi connectivity index (χ4n) is 4.11. The van der Waals surface area contributed by atoms with Gasteiger partial charge in [0.1, 0.15) is 11.5 Å². The highest BCUT2D eigenvalue weighted by Crippen LogP contribution is 2.36. The van der Waals surface area contributed by atoms with E-state index in [0.29, 0.717) is 34.4 Å². The fourth-order valence-corrected chi connectivity index (χ4v) is 6.19. The molecule has 0 aliphatic heterocycles. The van der Waals surface area contributed by atoms with Gasteiger partial charge in [-0.3, -0.25) is 19.2 Å². The highest BCUT2D eigenvalue weighted by molar-refractivity contribution is 7.21. The topological polar surface area (TPSA) is 184 Å². The zero-order valence-corrected chi connectivity index (χ0v) is 29.0. The third-order valence-corrected chi connectivity index (χ3v) is 8.53. The van der Waals surface area contributed by atoms with Gasteiger partial charge in [0.25, 0.3) is 0 Å². The van der Waals surface area contributed by atoms with E-state index in [2.05, 4.69) is 5.32 Å². The van der Waals surface area contributed by atoms with Gasteiger partial charge in [0.05, 0.1) is 61.4 Å². The van der Waals surface area contributed by atoms with Gasteiger partial charge < -0.3 is 40.0 Å². The zero-order chi connectivity index (χ0) is 35.1. The third kappa shape index (κ3) is 12.2. The summed E-state index contributed by atoms with van der Waals surface area (Å²) in [6.45, 7) is 5.43. The van der Waals surface area contributed by atoms with E-state index in [1.807, 2.05) is 31.3 Å². The summed E-state index contributed by atoms with van der Waals surface area (Å²) in [4.78, 5) is 48.1. The highest BCUT2D eigenvalue weighted by atomic mass is 32.1. The molecule has 2 heterocycles. The molecule has 0 bridgehead atoms. The van der Waals surface area contributed by atoms with Gasteiger partial charge in [-0.05, 0) is 55.7 Å². The van der Waals surface area contributed by atoms with Crippen molar-refractivity contribution in [2.45, 2.75) is 46.4 Å². The molecule has 47 heavy (non-hydrogen) atoms. The van der Waals surface area contributed by atoms with E-state index in [0.717, 1.165) is 31.6 Å². The summed E-state index contributed by atoms with van der Waals surface area (Å²) >= 11 is 2.78. The van der Waals surface area contributed by atoms with Crippen LogP contribution in [0.15, 0.2) is 36.4 Å². The Bertz CT molecular complexity index is 1620. The lowest BCUT2D eigenvalue weighted by Crippen LogP contribution is -2.07. The first-order valence-corrected chi connectivity index (χ1v) is 16.4. The van der Waals surface area contributed by atoms with Crippen molar-refractivity contribution in [3.63, 3.8) is 0 Å². The molecule has 0 aliphatic carbocycles. The molecule has 0 spiro atoms. The first-order chi connectivity index (χ1) is 22.4. The summed E-state index contributed by atoms with van der Waals surface area (Å²) in [5.74, 6) is 0.534. The van der Waals surface area contributed by atoms with Crippen LogP contribution in [0.4, 0.5) is 11.4 Å². The number of fused-ring (bicyclic) bond motifs is 2. The second-order valence-electron chi connectivity index (χ2n) is 9.78. The summed E-state index contributed by atoms with van der Waals surface area (Å²) in [6, 6.07) is 11.1. The molecule has 4 aromatic rings. The van der Waals surface area contributed by atoms with Crippen LogP contribution in [0.1, 0.15) is 58.9 Å². The molecule has 0 saturated heterocycles. The lowest BCUT2D eigenvalue weighted by atomic mass is 9.99. The number of anilines is 2. The summed E-state index contributed by atoms with van der Waals surface area (Å²) < 4.78 is 22.0. The summed E-state index contributed by atoms with van der Waals surface area (Å²) in [5, 5.41) is 20.2. The third-order valence-electron chi connectivity index (χ3n) is 6.25. The number of hydrogen-bond donors (Lipinski definition) is 4. The van der Waals surface area contributed by atoms with Crippen LogP contribution in [-0.2, 0) is 19.1 Å². The molecule has 15 heteroatoms. The Labute approximate surface area is 281 Å². The Morgan fingerprint density at radius 2 is 1.17 bits per heavy atom. The Morgan fingerprint density at radius 1 is 0.745 bits per heavy atom. The summed E-state index contributed by atoms with van der Waals surface area (Å²) in [5.41, 5.74) is 7.26. The first-order valence-electron chi connectivity index (χ1n) is 14.8. The van der Waals surface area contributed by atoms with E-state index in [4.69, 9.17) is 34.7 Å². The number of benzene rings is 2. The van der Waals surface area contributed by atoms with Crippen LogP contribution in [0.3, 0.4) is 0 Å². The molecule has 2 aromatic carbocycles. The molecular weight excluding hydrogens is 647 g/mol. The Kier molecular flexibility index (Phi) is 16.2. The van der Waals surface area contributed by atoms with E-state index in [-0.39, 0.29) is 49.2 Å². The van der Waals surface area contributed by atoms with Gasteiger partial charge in [0.2, 0.25) is 0 Å². The number of esters is 2. The molecule has 254 valence electrons. The molecule has 0 amide bonds. The fraction of sp³-hybridized carbons (Fsp3) is 0.375. The number of methoxy groups -OCH3 is 2. The van der Waals surface area contributed by atoms with Crippen LogP contribution in [0.25, 0.3) is 20.2 Å². The van der Waals surface area contributed by atoms with Crippen LogP contribution >= 0.6 is 22.7 Å². The van der Waals surface area contributed by atoms with Crippen molar-refractivity contribution in [1.29, 1.82) is 0 Å². The summed E-state index contributed by atoms with van der Waals surface area (Å²) in [7, 11) is 3.82. The molecule has 12 nitrogen and oxygen atoms in total. The second-order valence-corrected chi connectivity index (χ2v) is 11.9. The van der Waals surface area contributed by atoms with Crippen molar-refractivity contribution < 1.29 is 48.2 Å². The van der Waals surface area contributed by atoms with Crippen molar-refractivity contribution in [1.82, 2.24) is 0 Å². The maximum Gasteiger partial charge on any atom is 0.448 e. The maximum atomic E-state index is 12.2. The van der Waals surface area contributed by atoms with Crippen LogP contribution in [0, 0.1) is 0 Å². The maximum absolute atomic E-state index is 12.2. The molecule has 0 unspecified atom stereocenters. The van der Waals surface area contributed by atoms with Gasteiger partial charge >= 0.3 is 19.1 Å². The minimum atomic E-state index is -1.17. The first kappa shape index (κ1) is 39.0. The van der Waals surface area contributed by atoms with E-state index in [1.165, 1.54) is 29.5 Å². The van der Waals surface area contributed by atoms with Crippen LogP contribution in [0.5, 0.6) is 11.5 Å². The monoisotopic (exact) mass is 688 g/mol. The average molecular weight is 689 g/mol. The van der Waals surface area contributed by atoms with Crippen molar-refractivity contribution >= 4 is 84.8 Å². The Hall–Kier alpha value is -4.18. The number of carbonyl (C=O) groups excluding carboxylic acids is 4. The van der Waals surface area contributed by atoms with Crippen molar-refractivity contribution in [2.24, 2.45) is 0 Å². The molecule has 0 atom stereocenters. The second kappa shape index (κ2) is 19.5. The smallest absolute Gasteiger partial charge is 0.448 e. The Balaban J connectivity index is 0.000000294. The van der Waals surface area contributed by atoms with Crippen molar-refractivity contribution in [2.75, 3.05) is 45.5 Å². The van der Waals surface area contributed by atoms with Crippen LogP contribution in [-0.4, -0.2) is 75.2 Å². The van der Waals surface area contributed by atoms with Crippen molar-refractivity contribution in [3.8, 4) is 11.5 Å². The molecule has 0 aliphatic rings. The standard InChI is InChI=1S/C16H19NO4S.C15H17NO4S.CH5BO2/c1-4-21-16(19)6-5-12(18)15-8-10-7-11(17-2)13(20-3)9-14(10)22-15;1-3-20-15(18)5-4-11(17)14-7-9-6-10(16)12(19-2)8-13(9)21-14;1-2(3)4/h7-9,17H,4-6H2,1-3H3;6-8H,3-5,16H2,1-2H3;3-4H,1H3. The lowest BCUT2D eigenvalue weighted by Gasteiger charge is -2.07. The van der Waals surface area contributed by atoms with E-state index >= 15 is 0 Å². The molecule has 0 radical (unpaired) electrons. The number of ketones is 2. The number of Topliss-reactive ketones (excluding diaryl/α,β-unsaturated/α-hetero) is 2. The van der Waals surface area contributed by atoms with Gasteiger partial charge in [0, 0.05) is 41.4 Å². The zero-order valence-electron chi connectivity index (χ0n) is 27.3. The Morgan fingerprint density at radius 3 is 1.57 bits per heavy atom. The highest BCUT2D eigenvalue weighted by Gasteiger charge is 2.16. The molecule has 5 N–H and O–H groups in total. The molecule has 4 rings (SSSR count). The minimum absolute atomic E-state index is 0.0424. The van der Waals surface area contributed by atoms with Crippen LogP contribution < -0.4 is 20.5 Å². The predicted octanol–water partition coefficient (Wildman–Crippen LogP) is 5.58. The number of nitrogens with two attached hydrogens (primary N) is 1. The van der Waals surface area contributed by atoms with Gasteiger partial charge in [0.15, 0.2) is 11.6 Å². The molecular formula is C32H41BN2O10S2. The normalized spacial score (nSPS) is 10.2. The number of nitrogens with one attached hydrogen (secondary N) is 1. The minimum Gasteiger partial charge on any atom is -0.495 e. The van der Waals surface area contributed by atoms with E-state index in [9.17, 15) is 19.2 Å². The van der Waals surface area contributed by atoms with Gasteiger partial charge in [-0.15, -0.1) is 22.7 Å². The molecule has 2 aromatic heterocycles. The SMILES string of the molecule is CB(O)O.CCOC(=O)CCC(=O)c1cc2cc(N)c(OC)cc2s1.CCOC(=O)CCC(=O)c1cc2cc(NC)c(OC)cc2s1. The number of carbonyl (C=O) groups is 4. The van der Waals surface area contributed by atoms with E-state index in [1.54, 1.807) is 40.2 Å². The van der Waals surface area contributed by atoms with Crippen LogP contribution in [0.2, 0.25) is 6.82 Å². The lowest BCUT2D eigenvalue weighted by molar-refractivity contribution is -0.143. The molecule has 0 fully saturated rings. The predicted molar refractivity (Wildman–Crippen MR) is 187 cm³/mol. The van der Waals surface area contributed by atoms with Gasteiger partial charge in [-0.25, -0.2) is 0 Å². The quantitative estimate of drug-likeness (QED) is 0.0593. The number of thiophene rings is 2. The van der Waals surface area contributed by atoms with Gasteiger partial charge in [-0.1, -0.05) is 0 Å². The number of ether oxygens (including phenoxy) is 4. The van der Waals surface area contributed by atoms with Crippen molar-refractivity contribution in [3.05, 3.63) is 46.2 Å². The average Bonchev–Trinajstić information content (AvgIpc) is 3.65. The van der Waals surface area contributed by atoms with Gasteiger partial charge in [-0.2, -0.15) is 0 Å². The largest absolute Gasteiger partial charge is 0.495 e. The summed E-state index contributed by atoms with van der Waals surface area (Å²) in [6.07, 6.45) is 0.540. The molecule has 0 saturated carbocycles. The number of rotatable bonds is 13. The number of hydrogen-bond acceptors (Lipinski definition) is 14. The van der Waals surface area contributed by atoms with E-state index < -0.39 is 7.12 Å².